The second kappa shape index (κ2) is 5.78. The lowest BCUT2D eigenvalue weighted by atomic mass is 10.0. The van der Waals surface area contributed by atoms with Crippen LogP contribution in [0.25, 0.3) is 0 Å². The number of ether oxygens (including phenoxy) is 1. The number of anilines is 1. The van der Waals surface area contributed by atoms with Crippen LogP contribution in [0.4, 0.5) is 5.95 Å². The Kier molecular flexibility index (Phi) is 4.08. The molecule has 2 aliphatic rings. The number of hydrogen-bond donors (Lipinski definition) is 0. The average Bonchev–Trinajstić information content (AvgIpc) is 2.90. The van der Waals surface area contributed by atoms with E-state index in [0.29, 0.717) is 25.7 Å². The van der Waals surface area contributed by atoms with Gasteiger partial charge in [-0.05, 0) is 41.0 Å². The van der Waals surface area contributed by atoms with Gasteiger partial charge >= 0.3 is 0 Å². The van der Waals surface area contributed by atoms with Gasteiger partial charge in [0.25, 0.3) is 0 Å². The lowest BCUT2D eigenvalue weighted by molar-refractivity contribution is -0.157. The van der Waals surface area contributed by atoms with Gasteiger partial charge in [-0.3, -0.25) is 4.79 Å². The molecule has 1 amide bonds. The van der Waals surface area contributed by atoms with Crippen LogP contribution in [0.2, 0.25) is 0 Å². The molecule has 0 saturated carbocycles. The van der Waals surface area contributed by atoms with Crippen LogP contribution in [0.15, 0.2) is 6.33 Å². The standard InChI is InChI=1S/C16H27N5O2/c1-11-6-12(2)21-15(17-10-18-21)20(11)8-14(22)19-7-13(3)23-16(4,5)9-19/h10-13H,6-9H2,1-5H3/t11-,12+,13?/m0/s1. The molecular weight excluding hydrogens is 294 g/mol. The summed E-state index contributed by atoms with van der Waals surface area (Å²) >= 11 is 0. The highest BCUT2D eigenvalue weighted by Gasteiger charge is 2.36. The van der Waals surface area contributed by atoms with E-state index in [2.05, 4.69) is 28.8 Å². The number of fused-ring (bicyclic) bond motifs is 1. The first kappa shape index (κ1) is 16.2. The first-order valence-corrected chi connectivity index (χ1v) is 8.38. The summed E-state index contributed by atoms with van der Waals surface area (Å²) < 4.78 is 7.80. The fourth-order valence-corrected chi connectivity index (χ4v) is 3.79. The smallest absolute Gasteiger partial charge is 0.242 e. The maximum atomic E-state index is 12.8. The maximum absolute atomic E-state index is 12.8. The fraction of sp³-hybridized carbons (Fsp3) is 0.812. The van der Waals surface area contributed by atoms with Crippen molar-refractivity contribution in [1.82, 2.24) is 19.7 Å². The topological polar surface area (TPSA) is 63.5 Å². The summed E-state index contributed by atoms with van der Waals surface area (Å²) in [6.07, 6.45) is 2.60. The number of carbonyl (C=O) groups is 1. The van der Waals surface area contributed by atoms with Crippen LogP contribution in [-0.2, 0) is 9.53 Å². The highest BCUT2D eigenvalue weighted by molar-refractivity contribution is 5.81. The summed E-state index contributed by atoms with van der Waals surface area (Å²) in [7, 11) is 0. The minimum Gasteiger partial charge on any atom is -0.369 e. The SMILES string of the molecule is CC1CN(C(=O)CN2c3ncnn3[C@H](C)C[C@@H]2C)CC(C)(C)O1. The van der Waals surface area contributed by atoms with Crippen molar-refractivity contribution in [3.8, 4) is 0 Å². The van der Waals surface area contributed by atoms with E-state index >= 15 is 0 Å². The number of hydrogen-bond acceptors (Lipinski definition) is 5. The minimum atomic E-state index is -0.296. The summed E-state index contributed by atoms with van der Waals surface area (Å²) in [4.78, 5) is 21.2. The molecule has 128 valence electrons. The number of nitrogens with zero attached hydrogens (tertiary/aromatic N) is 5. The Bertz CT molecular complexity index is 585. The van der Waals surface area contributed by atoms with Crippen molar-refractivity contribution < 1.29 is 9.53 Å². The summed E-state index contributed by atoms with van der Waals surface area (Å²) in [5.41, 5.74) is -0.296. The summed E-state index contributed by atoms with van der Waals surface area (Å²) in [5.74, 6) is 0.925. The van der Waals surface area contributed by atoms with Crippen LogP contribution < -0.4 is 4.90 Å². The van der Waals surface area contributed by atoms with Crippen molar-refractivity contribution in [3.63, 3.8) is 0 Å². The molecule has 23 heavy (non-hydrogen) atoms. The molecule has 1 fully saturated rings. The number of carbonyl (C=O) groups excluding carboxylic acids is 1. The molecule has 0 radical (unpaired) electrons. The van der Waals surface area contributed by atoms with Crippen LogP contribution in [0.1, 0.15) is 47.1 Å². The zero-order chi connectivity index (χ0) is 16.8. The molecule has 1 saturated heterocycles. The lowest BCUT2D eigenvalue weighted by Crippen LogP contribution is -2.56. The van der Waals surface area contributed by atoms with Gasteiger partial charge in [0.2, 0.25) is 11.9 Å². The number of amides is 1. The zero-order valence-electron chi connectivity index (χ0n) is 14.7. The Labute approximate surface area is 137 Å². The van der Waals surface area contributed by atoms with Gasteiger partial charge in [0.15, 0.2) is 0 Å². The molecule has 7 heteroatoms. The molecule has 1 aromatic rings. The average molecular weight is 321 g/mol. The predicted molar refractivity (Wildman–Crippen MR) is 87.4 cm³/mol. The largest absolute Gasteiger partial charge is 0.369 e. The van der Waals surface area contributed by atoms with Crippen molar-refractivity contribution >= 4 is 11.9 Å². The zero-order valence-corrected chi connectivity index (χ0v) is 14.7. The number of aromatic nitrogens is 3. The normalized spacial score (nSPS) is 30.2. The molecule has 7 nitrogen and oxygen atoms in total. The number of morpholine rings is 1. The van der Waals surface area contributed by atoms with Crippen LogP contribution in [0.3, 0.4) is 0 Å². The van der Waals surface area contributed by atoms with E-state index in [1.54, 1.807) is 6.33 Å². The molecule has 3 rings (SSSR count). The van der Waals surface area contributed by atoms with Crippen molar-refractivity contribution in [2.45, 2.75) is 64.8 Å². The lowest BCUT2D eigenvalue weighted by Gasteiger charge is -2.43. The van der Waals surface area contributed by atoms with Gasteiger partial charge in [-0.25, -0.2) is 4.68 Å². The molecule has 2 aliphatic heterocycles. The monoisotopic (exact) mass is 321 g/mol. The second-order valence-electron chi connectivity index (χ2n) is 7.53. The van der Waals surface area contributed by atoms with E-state index in [9.17, 15) is 4.79 Å². The second-order valence-corrected chi connectivity index (χ2v) is 7.53. The third-order valence-corrected chi connectivity index (χ3v) is 4.67. The molecule has 0 aliphatic carbocycles. The quantitative estimate of drug-likeness (QED) is 0.825. The van der Waals surface area contributed by atoms with E-state index < -0.39 is 0 Å². The van der Waals surface area contributed by atoms with E-state index in [-0.39, 0.29) is 23.7 Å². The molecule has 0 bridgehead atoms. The highest BCUT2D eigenvalue weighted by Crippen LogP contribution is 2.29. The van der Waals surface area contributed by atoms with Gasteiger partial charge in [-0.2, -0.15) is 10.1 Å². The Hall–Kier alpha value is -1.63. The van der Waals surface area contributed by atoms with E-state index in [1.807, 2.05) is 30.4 Å². The molecule has 0 aromatic carbocycles. The van der Waals surface area contributed by atoms with Crippen molar-refractivity contribution in [3.05, 3.63) is 6.33 Å². The van der Waals surface area contributed by atoms with E-state index in [1.165, 1.54) is 0 Å². The predicted octanol–water partition coefficient (Wildman–Crippen LogP) is 1.46. The van der Waals surface area contributed by atoms with Crippen LogP contribution in [0.5, 0.6) is 0 Å². The van der Waals surface area contributed by atoms with Crippen LogP contribution >= 0.6 is 0 Å². The first-order chi connectivity index (χ1) is 10.8. The summed E-state index contributed by atoms with van der Waals surface area (Å²) in [6.45, 7) is 12.0. The molecule has 3 heterocycles. The molecule has 1 aromatic heterocycles. The third kappa shape index (κ3) is 3.20. The molecule has 0 N–H and O–H groups in total. The van der Waals surface area contributed by atoms with Gasteiger partial charge in [-0.15, -0.1) is 0 Å². The highest BCUT2D eigenvalue weighted by atomic mass is 16.5. The van der Waals surface area contributed by atoms with Crippen molar-refractivity contribution in [2.75, 3.05) is 24.5 Å². The Balaban J connectivity index is 1.74. The van der Waals surface area contributed by atoms with Gasteiger partial charge in [0.05, 0.1) is 17.7 Å². The molecule has 0 spiro atoms. The van der Waals surface area contributed by atoms with Gasteiger partial charge in [0.1, 0.15) is 12.9 Å². The van der Waals surface area contributed by atoms with E-state index in [4.69, 9.17) is 4.74 Å². The Morgan fingerprint density at radius 2 is 2.09 bits per heavy atom. The molecule has 3 atom stereocenters. The van der Waals surface area contributed by atoms with Gasteiger partial charge in [-0.1, -0.05) is 0 Å². The minimum absolute atomic E-state index is 0.0603. The number of rotatable bonds is 2. The maximum Gasteiger partial charge on any atom is 0.242 e. The van der Waals surface area contributed by atoms with Crippen molar-refractivity contribution in [1.29, 1.82) is 0 Å². The fourth-order valence-electron chi connectivity index (χ4n) is 3.79. The molecular formula is C16H27N5O2. The van der Waals surface area contributed by atoms with Crippen molar-refractivity contribution in [2.24, 2.45) is 0 Å². The third-order valence-electron chi connectivity index (χ3n) is 4.67. The first-order valence-electron chi connectivity index (χ1n) is 8.38. The van der Waals surface area contributed by atoms with E-state index in [0.717, 1.165) is 12.4 Å². The van der Waals surface area contributed by atoms with Gasteiger partial charge in [0, 0.05) is 19.1 Å². The molecule has 1 unspecified atom stereocenters. The Morgan fingerprint density at radius 1 is 1.35 bits per heavy atom. The van der Waals surface area contributed by atoms with Crippen LogP contribution in [0, 0.1) is 0 Å². The Morgan fingerprint density at radius 3 is 2.78 bits per heavy atom. The summed E-state index contributed by atoms with van der Waals surface area (Å²) in [5, 5.41) is 4.30. The van der Waals surface area contributed by atoms with Gasteiger partial charge < -0.3 is 14.5 Å². The van der Waals surface area contributed by atoms with Crippen LogP contribution in [-0.4, -0.2) is 63.0 Å². The summed E-state index contributed by atoms with van der Waals surface area (Å²) in [6, 6.07) is 0.591.